The number of rotatable bonds is 5. The monoisotopic (exact) mass is 618 g/mol. The summed E-state index contributed by atoms with van der Waals surface area (Å²) in [5, 5.41) is 3.48. The lowest BCUT2D eigenvalue weighted by atomic mass is 9.98. The van der Waals surface area contributed by atoms with Gasteiger partial charge in [-0.1, -0.05) is 133 Å². The molecular formula is C42H26N4S. The fraction of sp³-hybridized carbons (Fsp3) is 0. The minimum absolute atomic E-state index is 0.657. The highest BCUT2D eigenvalue weighted by molar-refractivity contribution is 7.26. The van der Waals surface area contributed by atoms with E-state index in [-0.39, 0.29) is 0 Å². The predicted octanol–water partition coefficient (Wildman–Crippen LogP) is 11.1. The Balaban J connectivity index is 1.22. The van der Waals surface area contributed by atoms with Crippen molar-refractivity contribution in [2.75, 3.05) is 0 Å². The molecule has 0 aliphatic carbocycles. The van der Waals surface area contributed by atoms with Crippen LogP contribution in [0.25, 0.3) is 87.6 Å². The molecule has 0 spiro atoms. The summed E-state index contributed by atoms with van der Waals surface area (Å²) < 4.78 is 2.39. The van der Waals surface area contributed by atoms with E-state index in [4.69, 9.17) is 19.9 Å². The van der Waals surface area contributed by atoms with Gasteiger partial charge < -0.3 is 0 Å². The molecule has 9 aromatic rings. The normalized spacial score (nSPS) is 11.4. The Hall–Kier alpha value is -6.04. The molecule has 0 aliphatic heterocycles. The van der Waals surface area contributed by atoms with Crippen molar-refractivity contribution in [3.05, 3.63) is 158 Å². The molecule has 5 heteroatoms. The smallest absolute Gasteiger partial charge is 0.164 e. The van der Waals surface area contributed by atoms with Crippen LogP contribution in [-0.4, -0.2) is 19.9 Å². The molecule has 0 saturated heterocycles. The first-order valence-corrected chi connectivity index (χ1v) is 16.4. The third kappa shape index (κ3) is 4.94. The fourth-order valence-electron chi connectivity index (χ4n) is 6.28. The molecule has 47 heavy (non-hydrogen) atoms. The predicted molar refractivity (Wildman–Crippen MR) is 195 cm³/mol. The zero-order valence-electron chi connectivity index (χ0n) is 25.2. The fourth-order valence-corrected chi connectivity index (χ4v) is 7.45. The number of hydrogen-bond acceptors (Lipinski definition) is 5. The van der Waals surface area contributed by atoms with Crippen molar-refractivity contribution in [3.63, 3.8) is 0 Å². The molecule has 0 bridgehead atoms. The highest BCUT2D eigenvalue weighted by Crippen LogP contribution is 2.42. The molecule has 0 amide bonds. The van der Waals surface area contributed by atoms with Crippen molar-refractivity contribution in [3.8, 4) is 56.5 Å². The molecule has 220 valence electrons. The molecule has 0 unspecified atom stereocenters. The van der Waals surface area contributed by atoms with Gasteiger partial charge in [-0.25, -0.2) is 19.9 Å². The average Bonchev–Trinajstić information content (AvgIpc) is 3.53. The minimum Gasteiger partial charge on any atom is -0.248 e. The lowest BCUT2D eigenvalue weighted by Crippen LogP contribution is -2.00. The van der Waals surface area contributed by atoms with Gasteiger partial charge in [-0.2, -0.15) is 0 Å². The molecule has 3 aromatic heterocycles. The van der Waals surface area contributed by atoms with Crippen LogP contribution in [0.1, 0.15) is 0 Å². The number of aromatic nitrogens is 4. The average molecular weight is 619 g/mol. The Labute approximate surface area is 275 Å². The van der Waals surface area contributed by atoms with Gasteiger partial charge in [0.2, 0.25) is 0 Å². The molecule has 4 nitrogen and oxygen atoms in total. The molecule has 0 aliphatic rings. The van der Waals surface area contributed by atoms with Crippen LogP contribution in [0.5, 0.6) is 0 Å². The summed E-state index contributed by atoms with van der Waals surface area (Å²) in [6.45, 7) is 0. The van der Waals surface area contributed by atoms with Crippen molar-refractivity contribution in [2.24, 2.45) is 0 Å². The summed E-state index contributed by atoms with van der Waals surface area (Å²) in [5.41, 5.74) is 8.31. The standard InChI is InChI=1S/C42H26N4S/c1-4-13-27(14-5-1)34-26-36(43-35-21-11-10-19-31(34)35)30-23-24-32-38(25-30)47-37-22-12-20-33(39(32)37)42-45-40(28-15-6-2-7-16-28)44-41(46-42)29-17-8-3-9-18-29/h1-26H. The molecule has 0 atom stereocenters. The summed E-state index contributed by atoms with van der Waals surface area (Å²) in [5.74, 6) is 1.98. The van der Waals surface area contributed by atoms with Crippen molar-refractivity contribution in [2.45, 2.75) is 0 Å². The summed E-state index contributed by atoms with van der Waals surface area (Å²) in [7, 11) is 0. The highest BCUT2D eigenvalue weighted by Gasteiger charge is 2.18. The number of benzene rings is 6. The molecule has 0 radical (unpaired) electrons. The minimum atomic E-state index is 0.657. The van der Waals surface area contributed by atoms with Crippen LogP contribution in [0.15, 0.2) is 158 Å². The Kier molecular flexibility index (Phi) is 6.61. The van der Waals surface area contributed by atoms with E-state index in [1.165, 1.54) is 25.9 Å². The van der Waals surface area contributed by atoms with Crippen molar-refractivity contribution in [1.82, 2.24) is 19.9 Å². The maximum Gasteiger partial charge on any atom is 0.164 e. The van der Waals surface area contributed by atoms with Crippen LogP contribution in [-0.2, 0) is 0 Å². The van der Waals surface area contributed by atoms with Gasteiger partial charge in [0.25, 0.3) is 0 Å². The third-order valence-corrected chi connectivity index (χ3v) is 9.65. The van der Waals surface area contributed by atoms with E-state index in [1.807, 2.05) is 60.7 Å². The van der Waals surface area contributed by atoms with E-state index in [1.54, 1.807) is 11.3 Å². The number of pyridine rings is 1. The SMILES string of the molecule is c1ccc(-c2nc(-c3ccccc3)nc(-c3cccc4sc5cc(-c6cc(-c7ccccc7)c7ccccc7n6)ccc5c34)n2)cc1. The molecule has 0 N–H and O–H groups in total. The van der Waals surface area contributed by atoms with E-state index in [2.05, 4.69) is 97.1 Å². The first kappa shape index (κ1) is 27.3. The first-order chi connectivity index (χ1) is 23.3. The number of thiophene rings is 1. The molecule has 3 heterocycles. The van der Waals surface area contributed by atoms with E-state index in [9.17, 15) is 0 Å². The van der Waals surface area contributed by atoms with E-state index in [0.29, 0.717) is 17.5 Å². The number of hydrogen-bond donors (Lipinski definition) is 0. The zero-order valence-corrected chi connectivity index (χ0v) is 26.0. The second-order valence-corrected chi connectivity index (χ2v) is 12.6. The third-order valence-electron chi connectivity index (χ3n) is 8.53. The Morgan fingerprint density at radius 1 is 0.362 bits per heavy atom. The highest BCUT2D eigenvalue weighted by atomic mass is 32.1. The van der Waals surface area contributed by atoms with Gasteiger partial charge in [-0.3, -0.25) is 0 Å². The zero-order chi connectivity index (χ0) is 31.2. The Morgan fingerprint density at radius 2 is 0.979 bits per heavy atom. The van der Waals surface area contributed by atoms with E-state index < -0.39 is 0 Å². The quantitative estimate of drug-likeness (QED) is 0.193. The van der Waals surface area contributed by atoms with Gasteiger partial charge in [0.1, 0.15) is 0 Å². The van der Waals surface area contributed by atoms with Crippen molar-refractivity contribution in [1.29, 1.82) is 0 Å². The molecule has 0 fully saturated rings. The Morgan fingerprint density at radius 3 is 1.68 bits per heavy atom. The maximum absolute atomic E-state index is 5.11. The van der Waals surface area contributed by atoms with Gasteiger partial charge in [0, 0.05) is 47.8 Å². The maximum atomic E-state index is 5.11. The van der Waals surface area contributed by atoms with Crippen molar-refractivity contribution >= 4 is 42.4 Å². The topological polar surface area (TPSA) is 51.6 Å². The molecular weight excluding hydrogens is 593 g/mol. The van der Waals surface area contributed by atoms with Gasteiger partial charge in [-0.05, 0) is 35.4 Å². The first-order valence-electron chi connectivity index (χ1n) is 15.6. The lowest BCUT2D eigenvalue weighted by molar-refractivity contribution is 1.08. The molecule has 6 aromatic carbocycles. The van der Waals surface area contributed by atoms with E-state index in [0.717, 1.165) is 44.2 Å². The van der Waals surface area contributed by atoms with Crippen LogP contribution in [0.3, 0.4) is 0 Å². The van der Waals surface area contributed by atoms with Gasteiger partial charge in [0.05, 0.1) is 11.2 Å². The largest absolute Gasteiger partial charge is 0.248 e. The number of para-hydroxylation sites is 1. The number of nitrogens with zero attached hydrogens (tertiary/aromatic N) is 4. The van der Waals surface area contributed by atoms with E-state index >= 15 is 0 Å². The number of fused-ring (bicyclic) bond motifs is 4. The second-order valence-electron chi connectivity index (χ2n) is 11.5. The van der Waals surface area contributed by atoms with Crippen LogP contribution < -0.4 is 0 Å². The molecule has 9 rings (SSSR count). The van der Waals surface area contributed by atoms with Crippen LogP contribution in [0.4, 0.5) is 0 Å². The van der Waals surface area contributed by atoms with Crippen LogP contribution in [0.2, 0.25) is 0 Å². The summed E-state index contributed by atoms with van der Waals surface area (Å²) in [6, 6.07) is 54.5. The summed E-state index contributed by atoms with van der Waals surface area (Å²) in [4.78, 5) is 20.1. The van der Waals surface area contributed by atoms with Gasteiger partial charge in [-0.15, -0.1) is 11.3 Å². The Bertz CT molecular complexity index is 2500. The van der Waals surface area contributed by atoms with Crippen LogP contribution >= 0.6 is 11.3 Å². The summed E-state index contributed by atoms with van der Waals surface area (Å²) >= 11 is 1.79. The summed E-state index contributed by atoms with van der Waals surface area (Å²) in [6.07, 6.45) is 0. The van der Waals surface area contributed by atoms with Crippen LogP contribution in [0, 0.1) is 0 Å². The van der Waals surface area contributed by atoms with Gasteiger partial charge >= 0.3 is 0 Å². The molecule has 0 saturated carbocycles. The van der Waals surface area contributed by atoms with Gasteiger partial charge in [0.15, 0.2) is 17.5 Å². The van der Waals surface area contributed by atoms with Crippen molar-refractivity contribution < 1.29 is 0 Å². The second kappa shape index (κ2) is 11.4. The lowest BCUT2D eigenvalue weighted by Gasteiger charge is -2.11.